The zero-order valence-corrected chi connectivity index (χ0v) is 18.7. The number of carbonyl (C=O) groups is 2. The predicted octanol–water partition coefficient (Wildman–Crippen LogP) is 4.23. The molecule has 0 saturated heterocycles. The molecule has 0 aliphatic heterocycles. The van der Waals surface area contributed by atoms with Crippen LogP contribution in [0.3, 0.4) is 0 Å². The molecular formula is C25H27N5O3. The molecule has 170 valence electrons. The molecule has 1 aliphatic carbocycles. The molecule has 1 unspecified atom stereocenters. The fourth-order valence-electron chi connectivity index (χ4n) is 3.44. The smallest absolute Gasteiger partial charge is 0.249 e. The fourth-order valence-corrected chi connectivity index (χ4v) is 3.44. The average molecular weight is 446 g/mol. The van der Waals surface area contributed by atoms with E-state index in [2.05, 4.69) is 25.8 Å². The number of rotatable bonds is 9. The van der Waals surface area contributed by atoms with E-state index in [-0.39, 0.29) is 17.7 Å². The third-order valence-electron chi connectivity index (χ3n) is 5.53. The lowest BCUT2D eigenvalue weighted by atomic mass is 9.96. The number of amides is 2. The maximum Gasteiger partial charge on any atom is 0.249 e. The maximum atomic E-state index is 12.8. The average Bonchev–Trinajstić information content (AvgIpc) is 3.58. The number of methoxy groups -OCH3 is 1. The monoisotopic (exact) mass is 445 g/mol. The summed E-state index contributed by atoms with van der Waals surface area (Å²) in [6, 6.07) is 13.3. The van der Waals surface area contributed by atoms with E-state index < -0.39 is 0 Å². The Morgan fingerprint density at radius 1 is 1.15 bits per heavy atom. The van der Waals surface area contributed by atoms with Crippen molar-refractivity contribution >= 4 is 23.5 Å². The zero-order valence-electron chi connectivity index (χ0n) is 18.7. The van der Waals surface area contributed by atoms with E-state index in [0.717, 1.165) is 22.4 Å². The van der Waals surface area contributed by atoms with Gasteiger partial charge in [0.1, 0.15) is 5.82 Å². The zero-order chi connectivity index (χ0) is 23.2. The van der Waals surface area contributed by atoms with Gasteiger partial charge in [-0.2, -0.15) is 5.10 Å². The highest BCUT2D eigenvalue weighted by molar-refractivity contribution is 5.98. The summed E-state index contributed by atoms with van der Waals surface area (Å²) < 4.78 is 4.88. The molecule has 1 aliphatic rings. The molecule has 3 aromatic rings. The summed E-state index contributed by atoms with van der Waals surface area (Å²) >= 11 is 0. The molecule has 1 aromatic carbocycles. The van der Waals surface area contributed by atoms with Gasteiger partial charge in [-0.3, -0.25) is 14.7 Å². The Balaban J connectivity index is 1.40. The fraction of sp³-hybridized carbons (Fsp3) is 0.280. The molecule has 0 radical (unpaired) electrons. The Morgan fingerprint density at radius 2 is 2.00 bits per heavy atom. The topological polar surface area (TPSA) is 109 Å². The van der Waals surface area contributed by atoms with Crippen LogP contribution in [0.15, 0.2) is 60.8 Å². The number of aromatic nitrogens is 3. The molecule has 4 rings (SSSR count). The van der Waals surface area contributed by atoms with Crippen molar-refractivity contribution in [2.75, 3.05) is 24.4 Å². The van der Waals surface area contributed by atoms with Crippen molar-refractivity contribution in [3.63, 3.8) is 0 Å². The third-order valence-corrected chi connectivity index (χ3v) is 5.53. The minimum Gasteiger partial charge on any atom is -0.381 e. The van der Waals surface area contributed by atoms with Gasteiger partial charge in [-0.05, 0) is 43.0 Å². The minimum absolute atomic E-state index is 0.112. The summed E-state index contributed by atoms with van der Waals surface area (Å²) in [5, 5.41) is 12.8. The number of carbonyl (C=O) groups excluding carboxylic acids is 2. The molecule has 2 aromatic heterocycles. The number of hydrogen-bond acceptors (Lipinski definition) is 5. The van der Waals surface area contributed by atoms with Crippen LogP contribution in [0.4, 0.5) is 11.6 Å². The number of nitrogens with zero attached hydrogens (tertiary/aromatic N) is 2. The van der Waals surface area contributed by atoms with Crippen LogP contribution in [0.5, 0.6) is 0 Å². The van der Waals surface area contributed by atoms with Crippen molar-refractivity contribution in [2.24, 2.45) is 0 Å². The van der Waals surface area contributed by atoms with Crippen LogP contribution in [0.2, 0.25) is 0 Å². The molecule has 1 saturated carbocycles. The highest BCUT2D eigenvalue weighted by Gasteiger charge is 2.26. The number of benzene rings is 1. The molecule has 8 nitrogen and oxygen atoms in total. The number of aromatic amines is 1. The van der Waals surface area contributed by atoms with E-state index in [1.807, 2.05) is 43.3 Å². The Kier molecular flexibility index (Phi) is 6.95. The number of ether oxygens (including phenoxy) is 1. The third kappa shape index (κ3) is 5.93. The molecule has 0 bridgehead atoms. The SMILES string of the molecule is COC/C=C/C(=O)Nc1ccc(-c2cccc(C(C)C(=O)Nc3cc(C4CC4)[nH]n3)c2)cn1. The summed E-state index contributed by atoms with van der Waals surface area (Å²) in [5.41, 5.74) is 3.80. The van der Waals surface area contributed by atoms with Crippen LogP contribution in [-0.4, -0.2) is 40.7 Å². The molecule has 8 heteroatoms. The Bertz CT molecular complexity index is 1150. The van der Waals surface area contributed by atoms with Gasteiger partial charge in [0.05, 0.1) is 12.5 Å². The standard InChI is InChI=1S/C25H27N5O3/c1-16(25(32)28-23-14-21(29-30-23)17-8-9-17)18-5-3-6-19(13-18)20-10-11-22(26-15-20)27-24(31)7-4-12-33-2/h3-7,10-11,13-17H,8-9,12H2,1-2H3,(H,26,27,31)(H2,28,29,30,32)/b7-4+. The molecule has 33 heavy (non-hydrogen) atoms. The van der Waals surface area contributed by atoms with Crippen molar-refractivity contribution < 1.29 is 14.3 Å². The maximum absolute atomic E-state index is 12.8. The number of nitrogens with one attached hydrogen (secondary N) is 3. The van der Waals surface area contributed by atoms with Gasteiger partial charge in [-0.25, -0.2) is 4.98 Å². The first-order chi connectivity index (χ1) is 16.0. The molecule has 1 atom stereocenters. The van der Waals surface area contributed by atoms with Gasteiger partial charge in [0.2, 0.25) is 11.8 Å². The molecule has 2 amide bonds. The van der Waals surface area contributed by atoms with E-state index in [4.69, 9.17) is 4.74 Å². The van der Waals surface area contributed by atoms with Gasteiger partial charge >= 0.3 is 0 Å². The summed E-state index contributed by atoms with van der Waals surface area (Å²) in [7, 11) is 1.56. The van der Waals surface area contributed by atoms with E-state index >= 15 is 0 Å². The van der Waals surface area contributed by atoms with Gasteiger partial charge in [0.15, 0.2) is 5.82 Å². The number of H-pyrrole nitrogens is 1. The summed E-state index contributed by atoms with van der Waals surface area (Å²) in [6.45, 7) is 2.24. The second kappa shape index (κ2) is 10.2. The first-order valence-corrected chi connectivity index (χ1v) is 10.9. The van der Waals surface area contributed by atoms with E-state index in [9.17, 15) is 9.59 Å². The summed E-state index contributed by atoms with van der Waals surface area (Å²) in [4.78, 5) is 28.9. The van der Waals surface area contributed by atoms with Gasteiger partial charge in [0, 0.05) is 42.6 Å². The van der Waals surface area contributed by atoms with Crippen LogP contribution in [0.1, 0.15) is 42.9 Å². The first kappa shape index (κ1) is 22.4. The lowest BCUT2D eigenvalue weighted by Crippen LogP contribution is -2.19. The van der Waals surface area contributed by atoms with Crippen molar-refractivity contribution in [1.82, 2.24) is 15.2 Å². The highest BCUT2D eigenvalue weighted by atomic mass is 16.5. The first-order valence-electron chi connectivity index (χ1n) is 10.9. The number of anilines is 2. The summed E-state index contributed by atoms with van der Waals surface area (Å²) in [6.07, 6.45) is 7.08. The Morgan fingerprint density at radius 3 is 2.73 bits per heavy atom. The number of hydrogen-bond donors (Lipinski definition) is 3. The molecule has 2 heterocycles. The van der Waals surface area contributed by atoms with Crippen molar-refractivity contribution in [1.29, 1.82) is 0 Å². The summed E-state index contributed by atoms with van der Waals surface area (Å²) in [5.74, 6) is 0.839. The van der Waals surface area contributed by atoms with Crippen LogP contribution in [0.25, 0.3) is 11.1 Å². The minimum atomic E-state index is -0.351. The lowest BCUT2D eigenvalue weighted by molar-refractivity contribution is -0.117. The van der Waals surface area contributed by atoms with Gasteiger partial charge in [0.25, 0.3) is 0 Å². The molecule has 0 spiro atoms. The normalized spacial score (nSPS) is 14.2. The van der Waals surface area contributed by atoms with Crippen molar-refractivity contribution in [3.8, 4) is 11.1 Å². The molecule has 1 fully saturated rings. The van der Waals surface area contributed by atoms with Crippen LogP contribution in [0, 0.1) is 0 Å². The predicted molar refractivity (Wildman–Crippen MR) is 127 cm³/mol. The van der Waals surface area contributed by atoms with Gasteiger partial charge in [-0.15, -0.1) is 0 Å². The Labute approximate surface area is 192 Å². The Hall–Kier alpha value is -3.78. The van der Waals surface area contributed by atoms with E-state index in [0.29, 0.717) is 24.2 Å². The lowest BCUT2D eigenvalue weighted by Gasteiger charge is -2.13. The molecular weight excluding hydrogens is 418 g/mol. The van der Waals surface area contributed by atoms with Gasteiger partial charge in [-0.1, -0.05) is 30.3 Å². The van der Waals surface area contributed by atoms with Crippen LogP contribution < -0.4 is 10.6 Å². The second-order valence-corrected chi connectivity index (χ2v) is 8.10. The number of pyridine rings is 1. The van der Waals surface area contributed by atoms with Gasteiger partial charge < -0.3 is 15.4 Å². The van der Waals surface area contributed by atoms with Crippen molar-refractivity contribution in [3.05, 3.63) is 72.1 Å². The van der Waals surface area contributed by atoms with E-state index in [1.54, 1.807) is 25.4 Å². The molecule has 3 N–H and O–H groups in total. The van der Waals surface area contributed by atoms with E-state index in [1.165, 1.54) is 18.9 Å². The highest BCUT2D eigenvalue weighted by Crippen LogP contribution is 2.39. The van der Waals surface area contributed by atoms with Crippen LogP contribution in [-0.2, 0) is 14.3 Å². The van der Waals surface area contributed by atoms with Crippen LogP contribution >= 0.6 is 0 Å². The quantitative estimate of drug-likeness (QED) is 0.427. The largest absolute Gasteiger partial charge is 0.381 e. The van der Waals surface area contributed by atoms with Crippen molar-refractivity contribution in [2.45, 2.75) is 31.6 Å². The second-order valence-electron chi connectivity index (χ2n) is 8.10.